The topological polar surface area (TPSA) is 75.9 Å². The average Bonchev–Trinajstić information content (AvgIpc) is 3.04. The van der Waals surface area contributed by atoms with Gasteiger partial charge in [-0.15, -0.1) is 0 Å². The molecule has 0 spiro atoms. The fraction of sp³-hybridized carbons (Fsp3) is 0.450. The first kappa shape index (κ1) is 17.6. The third-order valence-corrected chi connectivity index (χ3v) is 5.28. The van der Waals surface area contributed by atoms with Crippen molar-refractivity contribution in [1.82, 2.24) is 19.1 Å². The molecule has 1 atom stereocenters. The Labute approximate surface area is 157 Å². The van der Waals surface area contributed by atoms with Crippen LogP contribution in [0.25, 0.3) is 11.2 Å². The minimum atomic E-state index is -0.442. The highest BCUT2D eigenvalue weighted by Crippen LogP contribution is 2.32. The number of aryl methyl sites for hydroxylation is 2. The van der Waals surface area contributed by atoms with E-state index < -0.39 is 5.69 Å². The quantitative estimate of drug-likeness (QED) is 0.769. The molecule has 0 fully saturated rings. The van der Waals surface area contributed by atoms with E-state index in [2.05, 4.69) is 53.0 Å². The number of hydrogen-bond acceptors (Lipinski definition) is 4. The predicted octanol–water partition coefficient (Wildman–Crippen LogP) is 2.55. The van der Waals surface area contributed by atoms with Crippen LogP contribution in [0, 0.1) is 5.92 Å². The highest BCUT2D eigenvalue weighted by Gasteiger charge is 2.28. The number of nitrogens with one attached hydrogen (secondary N) is 1. The molecule has 0 saturated heterocycles. The normalized spacial score (nSPS) is 16.7. The molecule has 4 rings (SSSR count). The summed E-state index contributed by atoms with van der Waals surface area (Å²) in [6.45, 7) is 5.89. The van der Waals surface area contributed by atoms with E-state index in [1.54, 1.807) is 7.05 Å². The van der Waals surface area contributed by atoms with Gasteiger partial charge in [0.05, 0.1) is 0 Å². The van der Waals surface area contributed by atoms with Gasteiger partial charge in [0.1, 0.15) is 0 Å². The molecule has 3 aromatic rings. The molecule has 27 heavy (non-hydrogen) atoms. The molecular formula is C20H25N5O2. The van der Waals surface area contributed by atoms with Gasteiger partial charge in [0, 0.05) is 25.8 Å². The molecule has 0 bridgehead atoms. The molecular weight excluding hydrogens is 342 g/mol. The first-order valence-corrected chi connectivity index (χ1v) is 9.55. The van der Waals surface area contributed by atoms with Crippen molar-refractivity contribution in [2.75, 3.05) is 11.4 Å². The third-order valence-electron chi connectivity index (χ3n) is 5.28. The van der Waals surface area contributed by atoms with Crippen molar-refractivity contribution in [2.45, 2.75) is 39.7 Å². The smallest absolute Gasteiger partial charge is 0.312 e. The van der Waals surface area contributed by atoms with E-state index >= 15 is 0 Å². The Morgan fingerprint density at radius 3 is 2.63 bits per heavy atom. The van der Waals surface area contributed by atoms with Crippen LogP contribution in [0.2, 0.25) is 0 Å². The number of imidazole rings is 1. The Hall–Kier alpha value is -2.83. The van der Waals surface area contributed by atoms with Crippen molar-refractivity contribution in [1.29, 1.82) is 0 Å². The minimum Gasteiger partial charge on any atom is -0.312 e. The van der Waals surface area contributed by atoms with Crippen LogP contribution < -0.4 is 16.1 Å². The minimum absolute atomic E-state index is 0.353. The molecule has 3 heterocycles. The first-order chi connectivity index (χ1) is 13.0. The van der Waals surface area contributed by atoms with Gasteiger partial charge in [0.2, 0.25) is 5.95 Å². The monoisotopic (exact) mass is 367 g/mol. The fourth-order valence-electron chi connectivity index (χ4n) is 3.81. The van der Waals surface area contributed by atoms with E-state index in [9.17, 15) is 9.59 Å². The van der Waals surface area contributed by atoms with E-state index in [4.69, 9.17) is 0 Å². The summed E-state index contributed by atoms with van der Waals surface area (Å²) in [5.74, 6) is 1.07. The van der Waals surface area contributed by atoms with Crippen molar-refractivity contribution in [3.8, 4) is 0 Å². The van der Waals surface area contributed by atoms with Crippen molar-refractivity contribution >= 4 is 22.8 Å². The Morgan fingerprint density at radius 1 is 1.19 bits per heavy atom. The predicted molar refractivity (Wildman–Crippen MR) is 107 cm³/mol. The second-order valence-electron chi connectivity index (χ2n) is 7.50. The zero-order valence-electron chi connectivity index (χ0n) is 16.0. The van der Waals surface area contributed by atoms with E-state index in [0.29, 0.717) is 23.6 Å². The summed E-state index contributed by atoms with van der Waals surface area (Å²) in [6, 6.07) is 8.57. The van der Waals surface area contributed by atoms with Crippen LogP contribution >= 0.6 is 0 Å². The van der Waals surface area contributed by atoms with Gasteiger partial charge < -0.3 is 9.47 Å². The highest BCUT2D eigenvalue weighted by molar-refractivity contribution is 5.77. The Bertz CT molecular complexity index is 1090. The van der Waals surface area contributed by atoms with Crippen LogP contribution in [0.15, 0.2) is 33.9 Å². The number of H-pyrrole nitrogens is 1. The molecule has 7 heteroatoms. The lowest BCUT2D eigenvalue weighted by atomic mass is 10.1. The van der Waals surface area contributed by atoms with Crippen molar-refractivity contribution < 1.29 is 0 Å². The lowest BCUT2D eigenvalue weighted by Gasteiger charge is -2.33. The number of benzene rings is 1. The summed E-state index contributed by atoms with van der Waals surface area (Å²) in [7, 11) is 1.63. The molecule has 1 aliphatic rings. The van der Waals surface area contributed by atoms with Crippen LogP contribution in [0.3, 0.4) is 0 Å². The standard InChI is InChI=1S/C20H25N5O2/c1-4-5-6-14-7-9-15(10-8-14)24-11-13(2)12-25-16-17(21-19(24)25)23(3)20(27)22-18(16)26/h7-10,13H,4-6,11-12H2,1-3H3,(H,22,26,27). The summed E-state index contributed by atoms with van der Waals surface area (Å²) in [5, 5.41) is 0. The number of nitrogens with zero attached hydrogens (tertiary/aromatic N) is 4. The van der Waals surface area contributed by atoms with E-state index in [1.165, 1.54) is 23.0 Å². The number of fused-ring (bicyclic) bond motifs is 3. The molecule has 1 aliphatic heterocycles. The van der Waals surface area contributed by atoms with Gasteiger partial charge >= 0.3 is 5.69 Å². The van der Waals surface area contributed by atoms with Gasteiger partial charge in [0.25, 0.3) is 5.56 Å². The number of anilines is 2. The summed E-state index contributed by atoms with van der Waals surface area (Å²) in [5.41, 5.74) is 2.46. The lowest BCUT2D eigenvalue weighted by Crippen LogP contribution is -2.35. The Balaban J connectivity index is 1.82. The van der Waals surface area contributed by atoms with Crippen molar-refractivity contribution in [3.63, 3.8) is 0 Å². The SMILES string of the molecule is CCCCc1ccc(N2CC(C)Cn3c2nc2c3c(=O)[nH]c(=O)n2C)cc1. The number of hydrogen-bond donors (Lipinski definition) is 1. The van der Waals surface area contributed by atoms with Crippen LogP contribution in [0.5, 0.6) is 0 Å². The molecule has 142 valence electrons. The third kappa shape index (κ3) is 2.97. The molecule has 7 nitrogen and oxygen atoms in total. The number of rotatable bonds is 4. The van der Waals surface area contributed by atoms with Gasteiger partial charge in [-0.2, -0.15) is 4.98 Å². The molecule has 0 amide bonds. The maximum atomic E-state index is 12.4. The van der Waals surface area contributed by atoms with Crippen molar-refractivity contribution in [2.24, 2.45) is 13.0 Å². The zero-order chi connectivity index (χ0) is 19.1. The number of aromatic amines is 1. The second-order valence-corrected chi connectivity index (χ2v) is 7.50. The molecule has 1 unspecified atom stereocenters. The summed E-state index contributed by atoms with van der Waals surface area (Å²) >= 11 is 0. The van der Waals surface area contributed by atoms with Crippen LogP contribution in [-0.4, -0.2) is 25.6 Å². The first-order valence-electron chi connectivity index (χ1n) is 9.55. The second kappa shape index (κ2) is 6.72. The van der Waals surface area contributed by atoms with Gasteiger partial charge in [-0.1, -0.05) is 32.4 Å². The average molecular weight is 367 g/mol. The number of aromatic nitrogens is 4. The van der Waals surface area contributed by atoms with Crippen molar-refractivity contribution in [3.05, 3.63) is 50.7 Å². The molecule has 0 radical (unpaired) electrons. The van der Waals surface area contributed by atoms with Gasteiger partial charge in [-0.3, -0.25) is 14.3 Å². The zero-order valence-corrected chi connectivity index (χ0v) is 16.0. The van der Waals surface area contributed by atoms with Gasteiger partial charge in [-0.05, 0) is 36.5 Å². The molecule has 0 saturated carbocycles. The largest absolute Gasteiger partial charge is 0.329 e. The summed E-state index contributed by atoms with van der Waals surface area (Å²) in [6.07, 6.45) is 3.46. The molecule has 1 aromatic carbocycles. The summed E-state index contributed by atoms with van der Waals surface area (Å²) < 4.78 is 3.34. The maximum Gasteiger partial charge on any atom is 0.329 e. The highest BCUT2D eigenvalue weighted by atomic mass is 16.2. The Kier molecular flexibility index (Phi) is 4.37. The van der Waals surface area contributed by atoms with E-state index in [-0.39, 0.29) is 5.56 Å². The van der Waals surface area contributed by atoms with E-state index in [1.807, 2.05) is 4.57 Å². The molecule has 1 N–H and O–H groups in total. The Morgan fingerprint density at radius 2 is 1.93 bits per heavy atom. The molecule has 0 aliphatic carbocycles. The van der Waals surface area contributed by atoms with Crippen LogP contribution in [0.1, 0.15) is 32.3 Å². The van der Waals surface area contributed by atoms with Crippen LogP contribution in [0.4, 0.5) is 11.6 Å². The summed E-state index contributed by atoms with van der Waals surface area (Å²) in [4.78, 5) is 33.6. The van der Waals surface area contributed by atoms with Gasteiger partial charge in [0.15, 0.2) is 11.2 Å². The lowest BCUT2D eigenvalue weighted by molar-refractivity contribution is 0.458. The maximum absolute atomic E-state index is 12.4. The number of unbranched alkanes of at least 4 members (excludes halogenated alkanes) is 1. The van der Waals surface area contributed by atoms with E-state index in [0.717, 1.165) is 24.6 Å². The van der Waals surface area contributed by atoms with Crippen LogP contribution in [-0.2, 0) is 20.0 Å². The fourth-order valence-corrected chi connectivity index (χ4v) is 3.81. The molecule has 2 aromatic heterocycles. The van der Waals surface area contributed by atoms with Gasteiger partial charge in [-0.25, -0.2) is 4.79 Å².